The van der Waals surface area contributed by atoms with Crippen LogP contribution in [0.15, 0.2) is 0 Å². The summed E-state index contributed by atoms with van der Waals surface area (Å²) in [6.07, 6.45) is 6.48. The van der Waals surface area contributed by atoms with Crippen LogP contribution < -0.4 is 11.1 Å². The lowest BCUT2D eigenvalue weighted by Gasteiger charge is -2.20. The van der Waals surface area contributed by atoms with Crippen LogP contribution in [0.5, 0.6) is 0 Å². The summed E-state index contributed by atoms with van der Waals surface area (Å²) in [7, 11) is 0. The van der Waals surface area contributed by atoms with Crippen molar-refractivity contribution >= 4 is 0 Å². The second-order valence-electron chi connectivity index (χ2n) is 5.99. The molecule has 1 saturated carbocycles. The molecule has 0 aromatic rings. The Kier molecular flexibility index (Phi) is 8.64. The average Bonchev–Trinajstić information content (AvgIpc) is 3.14. The van der Waals surface area contributed by atoms with Gasteiger partial charge in [0.25, 0.3) is 0 Å². The van der Waals surface area contributed by atoms with Gasteiger partial charge in [0.15, 0.2) is 0 Å². The minimum Gasteiger partial charge on any atom is -0.380 e. The van der Waals surface area contributed by atoms with Gasteiger partial charge < -0.3 is 15.8 Å². The highest BCUT2D eigenvalue weighted by molar-refractivity contribution is 4.72. The standard InChI is InChI=1S/C15H32N2O/c1-13(2)15(7-8-16)4-3-9-17-10-11-18-12-14-5-6-14/h13-15,17H,3-12,16H2,1-2H3. The van der Waals surface area contributed by atoms with E-state index < -0.39 is 0 Å². The van der Waals surface area contributed by atoms with Gasteiger partial charge in [0.05, 0.1) is 6.61 Å². The van der Waals surface area contributed by atoms with Crippen LogP contribution in [0.4, 0.5) is 0 Å². The fourth-order valence-electron chi connectivity index (χ4n) is 2.32. The molecule has 0 aliphatic heterocycles. The predicted octanol–water partition coefficient (Wildman–Crippen LogP) is 2.40. The van der Waals surface area contributed by atoms with E-state index in [0.29, 0.717) is 0 Å². The molecule has 1 aliphatic carbocycles. The van der Waals surface area contributed by atoms with Gasteiger partial charge in [-0.15, -0.1) is 0 Å². The van der Waals surface area contributed by atoms with Gasteiger partial charge in [0.1, 0.15) is 0 Å². The lowest BCUT2D eigenvalue weighted by molar-refractivity contribution is 0.126. The molecule has 0 radical (unpaired) electrons. The molecular formula is C15H32N2O. The molecule has 0 aromatic heterocycles. The number of rotatable bonds is 12. The molecule has 3 heteroatoms. The van der Waals surface area contributed by atoms with Crippen LogP contribution in [0.1, 0.15) is 46.0 Å². The molecule has 1 aliphatic rings. The van der Waals surface area contributed by atoms with E-state index in [0.717, 1.165) is 50.6 Å². The first-order valence-electron chi connectivity index (χ1n) is 7.72. The van der Waals surface area contributed by atoms with Gasteiger partial charge in [-0.2, -0.15) is 0 Å². The number of nitrogens with one attached hydrogen (secondary N) is 1. The van der Waals surface area contributed by atoms with Crippen LogP contribution in [-0.2, 0) is 4.74 Å². The lowest BCUT2D eigenvalue weighted by atomic mass is 9.88. The SMILES string of the molecule is CC(C)C(CCN)CCCNCCOCC1CC1. The second-order valence-corrected chi connectivity index (χ2v) is 5.99. The van der Waals surface area contributed by atoms with Gasteiger partial charge in [0.2, 0.25) is 0 Å². The fraction of sp³-hybridized carbons (Fsp3) is 1.00. The zero-order valence-electron chi connectivity index (χ0n) is 12.3. The molecule has 0 saturated heterocycles. The van der Waals surface area contributed by atoms with Crippen LogP contribution in [0.3, 0.4) is 0 Å². The Labute approximate surface area is 113 Å². The largest absolute Gasteiger partial charge is 0.380 e. The third kappa shape index (κ3) is 8.06. The molecular weight excluding hydrogens is 224 g/mol. The molecule has 0 heterocycles. The third-order valence-corrected chi connectivity index (χ3v) is 3.88. The Hall–Kier alpha value is -0.120. The number of hydrogen-bond acceptors (Lipinski definition) is 3. The topological polar surface area (TPSA) is 47.3 Å². The fourth-order valence-corrected chi connectivity index (χ4v) is 2.32. The highest BCUT2D eigenvalue weighted by Crippen LogP contribution is 2.28. The summed E-state index contributed by atoms with van der Waals surface area (Å²) in [6, 6.07) is 0. The van der Waals surface area contributed by atoms with Gasteiger partial charge >= 0.3 is 0 Å². The maximum Gasteiger partial charge on any atom is 0.0591 e. The quantitative estimate of drug-likeness (QED) is 0.527. The molecule has 1 fully saturated rings. The van der Waals surface area contributed by atoms with Crippen LogP contribution >= 0.6 is 0 Å². The zero-order valence-corrected chi connectivity index (χ0v) is 12.3. The molecule has 3 N–H and O–H groups in total. The maximum absolute atomic E-state index is 5.65. The number of nitrogens with two attached hydrogens (primary N) is 1. The Morgan fingerprint density at radius 1 is 1.22 bits per heavy atom. The smallest absolute Gasteiger partial charge is 0.0591 e. The Balaban J connectivity index is 1.83. The zero-order chi connectivity index (χ0) is 13.2. The van der Waals surface area contributed by atoms with E-state index in [4.69, 9.17) is 10.5 Å². The van der Waals surface area contributed by atoms with Crippen LogP contribution in [0.25, 0.3) is 0 Å². The van der Waals surface area contributed by atoms with E-state index in [1.807, 2.05) is 0 Å². The summed E-state index contributed by atoms with van der Waals surface area (Å²) < 4.78 is 5.58. The molecule has 1 rings (SSSR count). The molecule has 3 nitrogen and oxygen atoms in total. The third-order valence-electron chi connectivity index (χ3n) is 3.88. The van der Waals surface area contributed by atoms with E-state index in [9.17, 15) is 0 Å². The van der Waals surface area contributed by atoms with Crippen molar-refractivity contribution in [2.45, 2.75) is 46.0 Å². The molecule has 0 bridgehead atoms. The summed E-state index contributed by atoms with van der Waals surface area (Å²) in [6.45, 7) is 9.39. The first-order chi connectivity index (χ1) is 8.74. The molecule has 108 valence electrons. The first kappa shape index (κ1) is 15.9. The van der Waals surface area contributed by atoms with Crippen LogP contribution in [0, 0.1) is 17.8 Å². The molecule has 1 atom stereocenters. The molecule has 18 heavy (non-hydrogen) atoms. The number of ether oxygens (including phenoxy) is 1. The molecule has 0 aromatic carbocycles. The van der Waals surface area contributed by atoms with Crippen LogP contribution in [0.2, 0.25) is 0 Å². The molecule has 1 unspecified atom stereocenters. The Bertz CT molecular complexity index is 193. The van der Waals surface area contributed by atoms with E-state index in [2.05, 4.69) is 19.2 Å². The van der Waals surface area contributed by atoms with Crippen molar-refractivity contribution < 1.29 is 4.74 Å². The lowest BCUT2D eigenvalue weighted by Crippen LogP contribution is -2.23. The average molecular weight is 256 g/mol. The number of hydrogen-bond donors (Lipinski definition) is 2. The Morgan fingerprint density at radius 3 is 2.61 bits per heavy atom. The van der Waals surface area contributed by atoms with Crippen molar-refractivity contribution in [3.05, 3.63) is 0 Å². The highest BCUT2D eigenvalue weighted by Gasteiger charge is 2.20. The summed E-state index contributed by atoms with van der Waals surface area (Å²) in [5.74, 6) is 2.44. The summed E-state index contributed by atoms with van der Waals surface area (Å²) in [5.41, 5.74) is 5.65. The van der Waals surface area contributed by atoms with Gasteiger partial charge in [-0.3, -0.25) is 0 Å². The van der Waals surface area contributed by atoms with Crippen LogP contribution in [-0.4, -0.2) is 32.8 Å². The van der Waals surface area contributed by atoms with Gasteiger partial charge in [-0.25, -0.2) is 0 Å². The van der Waals surface area contributed by atoms with E-state index in [-0.39, 0.29) is 0 Å². The summed E-state index contributed by atoms with van der Waals surface area (Å²) in [4.78, 5) is 0. The minimum absolute atomic E-state index is 0.760. The highest BCUT2D eigenvalue weighted by atomic mass is 16.5. The van der Waals surface area contributed by atoms with Crippen molar-refractivity contribution in [2.75, 3.05) is 32.8 Å². The second kappa shape index (κ2) is 9.76. The van der Waals surface area contributed by atoms with Gasteiger partial charge in [-0.05, 0) is 62.9 Å². The van der Waals surface area contributed by atoms with Gasteiger partial charge in [0, 0.05) is 13.2 Å². The Morgan fingerprint density at radius 2 is 2.00 bits per heavy atom. The van der Waals surface area contributed by atoms with Crippen molar-refractivity contribution in [3.63, 3.8) is 0 Å². The van der Waals surface area contributed by atoms with E-state index in [1.165, 1.54) is 32.1 Å². The van der Waals surface area contributed by atoms with Crippen molar-refractivity contribution in [2.24, 2.45) is 23.5 Å². The summed E-state index contributed by atoms with van der Waals surface area (Å²) >= 11 is 0. The van der Waals surface area contributed by atoms with Crippen molar-refractivity contribution in [1.29, 1.82) is 0 Å². The molecule has 0 spiro atoms. The van der Waals surface area contributed by atoms with Crippen molar-refractivity contribution in [3.8, 4) is 0 Å². The predicted molar refractivity (Wildman–Crippen MR) is 77.6 cm³/mol. The van der Waals surface area contributed by atoms with E-state index >= 15 is 0 Å². The minimum atomic E-state index is 0.760. The van der Waals surface area contributed by atoms with E-state index in [1.54, 1.807) is 0 Å². The normalized spacial score (nSPS) is 17.3. The monoisotopic (exact) mass is 256 g/mol. The molecule has 0 amide bonds. The maximum atomic E-state index is 5.65. The van der Waals surface area contributed by atoms with Gasteiger partial charge in [-0.1, -0.05) is 13.8 Å². The first-order valence-corrected chi connectivity index (χ1v) is 7.72. The summed E-state index contributed by atoms with van der Waals surface area (Å²) in [5, 5.41) is 3.46. The van der Waals surface area contributed by atoms with Crippen molar-refractivity contribution in [1.82, 2.24) is 5.32 Å².